The van der Waals surface area contributed by atoms with Crippen molar-refractivity contribution in [1.82, 2.24) is 0 Å². The van der Waals surface area contributed by atoms with Gasteiger partial charge in [0, 0.05) is 0 Å². The second kappa shape index (κ2) is 7.46. The summed E-state index contributed by atoms with van der Waals surface area (Å²) in [6.07, 6.45) is 7.66. The molecule has 4 nitrogen and oxygen atoms in total. The van der Waals surface area contributed by atoms with Crippen molar-refractivity contribution in [3.8, 4) is 0 Å². The van der Waals surface area contributed by atoms with Crippen molar-refractivity contribution in [2.24, 2.45) is 17.3 Å². The zero-order valence-electron chi connectivity index (χ0n) is 12.3. The van der Waals surface area contributed by atoms with E-state index in [4.69, 9.17) is 0 Å². The minimum Gasteiger partial charge on any atom is -0.480 e. The molecular formula is C16H26O4. The molecule has 0 heterocycles. The first-order valence-corrected chi connectivity index (χ1v) is 7.52. The molecule has 0 radical (unpaired) electrons. The monoisotopic (exact) mass is 282 g/mol. The van der Waals surface area contributed by atoms with Gasteiger partial charge in [0.05, 0.1) is 0 Å². The molecule has 4 heteroatoms. The van der Waals surface area contributed by atoms with Gasteiger partial charge in [-0.15, -0.1) is 6.58 Å². The lowest BCUT2D eigenvalue weighted by atomic mass is 9.64. The SMILES string of the molecule is C=CCCCCC(C(=O)O)(C(=O)O)C1CCCC(C)C1. The number of hydrogen-bond donors (Lipinski definition) is 2. The molecule has 114 valence electrons. The molecule has 0 aromatic rings. The Morgan fingerprint density at radius 3 is 2.40 bits per heavy atom. The van der Waals surface area contributed by atoms with Crippen molar-refractivity contribution in [2.75, 3.05) is 0 Å². The third kappa shape index (κ3) is 3.62. The highest BCUT2D eigenvalue weighted by Gasteiger charge is 2.52. The quantitative estimate of drug-likeness (QED) is 0.404. The van der Waals surface area contributed by atoms with E-state index in [1.54, 1.807) is 6.08 Å². The van der Waals surface area contributed by atoms with Gasteiger partial charge in [-0.2, -0.15) is 0 Å². The van der Waals surface area contributed by atoms with Crippen molar-refractivity contribution in [3.63, 3.8) is 0 Å². The summed E-state index contributed by atoms with van der Waals surface area (Å²) in [6.45, 7) is 5.71. The van der Waals surface area contributed by atoms with Gasteiger partial charge >= 0.3 is 11.9 Å². The van der Waals surface area contributed by atoms with Crippen LogP contribution in [0.15, 0.2) is 12.7 Å². The van der Waals surface area contributed by atoms with E-state index in [-0.39, 0.29) is 12.3 Å². The molecule has 0 aromatic heterocycles. The number of carbonyl (C=O) groups is 2. The van der Waals surface area contributed by atoms with Crippen LogP contribution in [0.2, 0.25) is 0 Å². The summed E-state index contributed by atoms with van der Waals surface area (Å²) < 4.78 is 0. The summed E-state index contributed by atoms with van der Waals surface area (Å²) >= 11 is 0. The van der Waals surface area contributed by atoms with Gasteiger partial charge < -0.3 is 10.2 Å². The van der Waals surface area contributed by atoms with E-state index in [1.807, 2.05) is 0 Å². The molecule has 0 amide bonds. The number of hydrogen-bond acceptors (Lipinski definition) is 2. The molecule has 0 saturated heterocycles. The number of unbranched alkanes of at least 4 members (excludes halogenated alkanes) is 2. The predicted octanol–water partition coefficient (Wildman–Crippen LogP) is 3.71. The summed E-state index contributed by atoms with van der Waals surface area (Å²) in [6, 6.07) is 0. The molecule has 1 saturated carbocycles. The Bertz CT molecular complexity index is 347. The lowest BCUT2D eigenvalue weighted by Crippen LogP contribution is -2.47. The Hall–Kier alpha value is -1.32. The van der Waals surface area contributed by atoms with Crippen LogP contribution >= 0.6 is 0 Å². The Morgan fingerprint density at radius 1 is 1.25 bits per heavy atom. The Balaban J connectivity index is 2.89. The van der Waals surface area contributed by atoms with Crippen molar-refractivity contribution in [1.29, 1.82) is 0 Å². The molecule has 2 atom stereocenters. The van der Waals surface area contributed by atoms with E-state index in [1.165, 1.54) is 0 Å². The molecule has 0 spiro atoms. The molecule has 2 unspecified atom stereocenters. The smallest absolute Gasteiger partial charge is 0.321 e. The van der Waals surface area contributed by atoms with E-state index in [0.717, 1.165) is 25.7 Å². The molecular weight excluding hydrogens is 256 g/mol. The van der Waals surface area contributed by atoms with E-state index in [9.17, 15) is 19.8 Å². The van der Waals surface area contributed by atoms with Gasteiger partial charge in [0.25, 0.3) is 0 Å². The summed E-state index contributed by atoms with van der Waals surface area (Å²) in [5.41, 5.74) is -1.60. The summed E-state index contributed by atoms with van der Waals surface area (Å²) in [5, 5.41) is 19.2. The number of carboxylic acid groups (broad SMARTS) is 2. The van der Waals surface area contributed by atoms with Crippen LogP contribution in [0.3, 0.4) is 0 Å². The van der Waals surface area contributed by atoms with Crippen LogP contribution in [0.1, 0.15) is 58.3 Å². The van der Waals surface area contributed by atoms with Crippen molar-refractivity contribution < 1.29 is 19.8 Å². The number of carboxylic acids is 2. The van der Waals surface area contributed by atoms with Gasteiger partial charge in [-0.1, -0.05) is 32.3 Å². The van der Waals surface area contributed by atoms with Gasteiger partial charge in [-0.25, -0.2) is 0 Å². The fourth-order valence-electron chi connectivity index (χ4n) is 3.43. The van der Waals surface area contributed by atoms with Crippen LogP contribution in [-0.2, 0) is 9.59 Å². The van der Waals surface area contributed by atoms with Crippen LogP contribution in [-0.4, -0.2) is 22.2 Å². The highest BCUT2D eigenvalue weighted by Crippen LogP contribution is 2.44. The Morgan fingerprint density at radius 2 is 1.90 bits per heavy atom. The highest BCUT2D eigenvalue weighted by atomic mass is 16.4. The topological polar surface area (TPSA) is 74.6 Å². The van der Waals surface area contributed by atoms with Gasteiger partial charge in [-0.05, 0) is 43.9 Å². The maximum absolute atomic E-state index is 11.7. The van der Waals surface area contributed by atoms with Crippen LogP contribution in [0.4, 0.5) is 0 Å². The predicted molar refractivity (Wildman–Crippen MR) is 77.5 cm³/mol. The average Bonchev–Trinajstić information content (AvgIpc) is 2.38. The van der Waals surface area contributed by atoms with E-state index >= 15 is 0 Å². The van der Waals surface area contributed by atoms with E-state index < -0.39 is 17.4 Å². The number of aliphatic carboxylic acids is 2. The van der Waals surface area contributed by atoms with Crippen molar-refractivity contribution in [2.45, 2.75) is 58.3 Å². The zero-order chi connectivity index (χ0) is 15.2. The summed E-state index contributed by atoms with van der Waals surface area (Å²) in [4.78, 5) is 23.5. The van der Waals surface area contributed by atoms with Crippen LogP contribution in [0.5, 0.6) is 0 Å². The van der Waals surface area contributed by atoms with Crippen LogP contribution in [0, 0.1) is 17.3 Å². The van der Waals surface area contributed by atoms with Crippen LogP contribution in [0.25, 0.3) is 0 Å². The van der Waals surface area contributed by atoms with E-state index in [2.05, 4.69) is 13.5 Å². The molecule has 1 rings (SSSR count). The lowest BCUT2D eigenvalue weighted by molar-refractivity contribution is -0.172. The molecule has 0 aliphatic heterocycles. The number of rotatable bonds is 8. The third-order valence-electron chi connectivity index (χ3n) is 4.63. The number of allylic oxidation sites excluding steroid dienone is 1. The molecule has 20 heavy (non-hydrogen) atoms. The Kier molecular flexibility index (Phi) is 6.24. The highest BCUT2D eigenvalue weighted by molar-refractivity contribution is 5.98. The van der Waals surface area contributed by atoms with Gasteiger partial charge in [-0.3, -0.25) is 9.59 Å². The molecule has 1 fully saturated rings. The van der Waals surface area contributed by atoms with Crippen molar-refractivity contribution >= 4 is 11.9 Å². The fourth-order valence-corrected chi connectivity index (χ4v) is 3.43. The summed E-state index contributed by atoms with van der Waals surface area (Å²) in [7, 11) is 0. The molecule has 0 aromatic carbocycles. The third-order valence-corrected chi connectivity index (χ3v) is 4.63. The summed E-state index contributed by atoms with van der Waals surface area (Å²) in [5.74, 6) is -2.16. The molecule has 1 aliphatic rings. The minimum atomic E-state index is -1.60. The zero-order valence-corrected chi connectivity index (χ0v) is 12.3. The Labute approximate surface area is 120 Å². The largest absolute Gasteiger partial charge is 0.480 e. The normalized spacial score (nSPS) is 23.2. The fraction of sp³-hybridized carbons (Fsp3) is 0.750. The maximum Gasteiger partial charge on any atom is 0.321 e. The van der Waals surface area contributed by atoms with Gasteiger partial charge in [0.1, 0.15) is 0 Å². The lowest BCUT2D eigenvalue weighted by Gasteiger charge is -2.38. The van der Waals surface area contributed by atoms with Crippen LogP contribution < -0.4 is 0 Å². The molecule has 1 aliphatic carbocycles. The molecule has 2 N–H and O–H groups in total. The first-order chi connectivity index (χ1) is 9.45. The van der Waals surface area contributed by atoms with E-state index in [0.29, 0.717) is 25.2 Å². The second-order valence-electron chi connectivity index (χ2n) is 6.08. The first kappa shape index (κ1) is 16.7. The first-order valence-electron chi connectivity index (χ1n) is 7.52. The van der Waals surface area contributed by atoms with Gasteiger partial charge in [0.2, 0.25) is 0 Å². The second-order valence-corrected chi connectivity index (χ2v) is 6.08. The van der Waals surface area contributed by atoms with Gasteiger partial charge in [0.15, 0.2) is 5.41 Å². The maximum atomic E-state index is 11.7. The van der Waals surface area contributed by atoms with Crippen molar-refractivity contribution in [3.05, 3.63) is 12.7 Å². The molecule has 0 bridgehead atoms. The average molecular weight is 282 g/mol. The standard InChI is InChI=1S/C16H26O4/c1-3-4-5-6-10-16(14(17)18,15(19)20)13-9-7-8-12(2)11-13/h3,12-13H,1,4-11H2,2H3,(H,17,18)(H,19,20). The minimum absolute atomic E-state index is 0.225.